The first-order valence-corrected chi connectivity index (χ1v) is 6.49. The second kappa shape index (κ2) is 5.39. The maximum atomic E-state index is 12.3. The zero-order chi connectivity index (χ0) is 13.1. The standard InChI is InChI=1S/C14H12INO2/c1-16(10-6-8-11(17)9-7-10)14(18)12-4-2-3-5-13(12)15/h2-9,17H,1H3. The fourth-order valence-electron chi connectivity index (χ4n) is 1.61. The van der Waals surface area contributed by atoms with Gasteiger partial charge in [-0.25, -0.2) is 0 Å². The molecular weight excluding hydrogens is 341 g/mol. The average molecular weight is 353 g/mol. The van der Waals surface area contributed by atoms with Crippen LogP contribution in [0.4, 0.5) is 5.69 Å². The van der Waals surface area contributed by atoms with Crippen LogP contribution in [0, 0.1) is 3.57 Å². The lowest BCUT2D eigenvalue weighted by atomic mass is 10.2. The minimum Gasteiger partial charge on any atom is -0.508 e. The number of nitrogens with zero attached hydrogens (tertiary/aromatic N) is 1. The van der Waals surface area contributed by atoms with Gasteiger partial charge < -0.3 is 10.0 Å². The van der Waals surface area contributed by atoms with E-state index in [1.165, 1.54) is 0 Å². The molecule has 0 aliphatic carbocycles. The van der Waals surface area contributed by atoms with Crippen molar-refractivity contribution in [3.63, 3.8) is 0 Å². The summed E-state index contributed by atoms with van der Waals surface area (Å²) in [6.07, 6.45) is 0. The smallest absolute Gasteiger partial charge is 0.259 e. The summed E-state index contributed by atoms with van der Waals surface area (Å²) in [6, 6.07) is 14.0. The van der Waals surface area contributed by atoms with Crippen LogP contribution in [0.3, 0.4) is 0 Å². The highest BCUT2D eigenvalue weighted by Gasteiger charge is 2.15. The summed E-state index contributed by atoms with van der Waals surface area (Å²) < 4.78 is 0.922. The summed E-state index contributed by atoms with van der Waals surface area (Å²) in [5.74, 6) is 0.125. The maximum absolute atomic E-state index is 12.3. The molecule has 1 N–H and O–H groups in total. The van der Waals surface area contributed by atoms with Crippen LogP contribution in [0.5, 0.6) is 5.75 Å². The number of rotatable bonds is 2. The summed E-state index contributed by atoms with van der Waals surface area (Å²) >= 11 is 2.15. The van der Waals surface area contributed by atoms with Crippen LogP contribution in [-0.2, 0) is 0 Å². The van der Waals surface area contributed by atoms with Crippen molar-refractivity contribution in [2.75, 3.05) is 11.9 Å². The predicted molar refractivity (Wildman–Crippen MR) is 80.0 cm³/mol. The monoisotopic (exact) mass is 353 g/mol. The topological polar surface area (TPSA) is 40.5 Å². The first-order valence-electron chi connectivity index (χ1n) is 5.41. The quantitative estimate of drug-likeness (QED) is 0.842. The van der Waals surface area contributed by atoms with Crippen molar-refractivity contribution in [3.8, 4) is 5.75 Å². The molecule has 0 aromatic heterocycles. The molecule has 2 aromatic carbocycles. The van der Waals surface area contributed by atoms with Crippen LogP contribution in [0.1, 0.15) is 10.4 Å². The Morgan fingerprint density at radius 3 is 2.33 bits per heavy atom. The van der Waals surface area contributed by atoms with Gasteiger partial charge in [0.25, 0.3) is 5.91 Å². The molecule has 0 heterocycles. The first kappa shape index (κ1) is 12.9. The van der Waals surface area contributed by atoms with E-state index in [1.54, 1.807) is 42.3 Å². The van der Waals surface area contributed by atoms with Gasteiger partial charge in [-0.2, -0.15) is 0 Å². The molecule has 0 saturated carbocycles. The van der Waals surface area contributed by atoms with Gasteiger partial charge in [-0.15, -0.1) is 0 Å². The number of hydrogen-bond donors (Lipinski definition) is 1. The SMILES string of the molecule is CN(C(=O)c1ccccc1I)c1ccc(O)cc1. The Bertz CT molecular complexity index is 566. The van der Waals surface area contributed by atoms with Crippen molar-refractivity contribution >= 4 is 34.2 Å². The van der Waals surface area contributed by atoms with E-state index in [4.69, 9.17) is 0 Å². The molecule has 4 heteroatoms. The van der Waals surface area contributed by atoms with E-state index < -0.39 is 0 Å². The van der Waals surface area contributed by atoms with Crippen LogP contribution in [0.2, 0.25) is 0 Å². The second-order valence-corrected chi connectivity index (χ2v) is 5.02. The summed E-state index contributed by atoms with van der Waals surface area (Å²) in [7, 11) is 1.72. The third kappa shape index (κ3) is 2.64. The molecule has 1 amide bonds. The summed E-state index contributed by atoms with van der Waals surface area (Å²) in [5.41, 5.74) is 1.42. The molecule has 0 radical (unpaired) electrons. The molecule has 0 saturated heterocycles. The number of hydrogen-bond acceptors (Lipinski definition) is 2. The Kier molecular flexibility index (Phi) is 3.86. The highest BCUT2D eigenvalue weighted by molar-refractivity contribution is 14.1. The Labute approximate surface area is 119 Å². The minimum atomic E-state index is -0.0642. The van der Waals surface area contributed by atoms with E-state index in [-0.39, 0.29) is 11.7 Å². The van der Waals surface area contributed by atoms with Crippen molar-refractivity contribution in [2.24, 2.45) is 0 Å². The molecule has 0 bridgehead atoms. The number of carbonyl (C=O) groups is 1. The zero-order valence-corrected chi connectivity index (χ0v) is 12.0. The molecule has 2 aromatic rings. The normalized spacial score (nSPS) is 10.1. The molecule has 18 heavy (non-hydrogen) atoms. The van der Waals surface area contributed by atoms with E-state index in [0.29, 0.717) is 5.56 Å². The number of phenols is 1. The fraction of sp³-hybridized carbons (Fsp3) is 0.0714. The lowest BCUT2D eigenvalue weighted by Gasteiger charge is -2.18. The number of carbonyl (C=O) groups excluding carboxylic acids is 1. The van der Waals surface area contributed by atoms with E-state index >= 15 is 0 Å². The van der Waals surface area contributed by atoms with Crippen molar-refractivity contribution < 1.29 is 9.90 Å². The number of amides is 1. The molecular formula is C14H12INO2. The van der Waals surface area contributed by atoms with Gasteiger partial charge in [0.2, 0.25) is 0 Å². The number of aromatic hydroxyl groups is 1. The zero-order valence-electron chi connectivity index (χ0n) is 9.80. The molecule has 0 aliphatic heterocycles. The van der Waals surface area contributed by atoms with Crippen molar-refractivity contribution in [3.05, 3.63) is 57.7 Å². The van der Waals surface area contributed by atoms with E-state index in [1.807, 2.05) is 18.2 Å². The average Bonchev–Trinajstić information content (AvgIpc) is 2.38. The fourth-order valence-corrected chi connectivity index (χ4v) is 2.23. The Morgan fingerprint density at radius 2 is 1.72 bits per heavy atom. The van der Waals surface area contributed by atoms with Crippen LogP contribution in [0.25, 0.3) is 0 Å². The number of phenolic OH excluding ortho intramolecular Hbond substituents is 1. The third-order valence-electron chi connectivity index (χ3n) is 2.65. The molecule has 2 rings (SSSR count). The predicted octanol–water partition coefficient (Wildman–Crippen LogP) is 3.27. The summed E-state index contributed by atoms with van der Waals surface area (Å²) in [4.78, 5) is 13.9. The largest absolute Gasteiger partial charge is 0.508 e. The highest BCUT2D eigenvalue weighted by atomic mass is 127. The Balaban J connectivity index is 2.29. The number of benzene rings is 2. The third-order valence-corrected chi connectivity index (χ3v) is 3.59. The number of halogens is 1. The molecule has 0 unspecified atom stereocenters. The minimum absolute atomic E-state index is 0.0642. The maximum Gasteiger partial charge on any atom is 0.259 e. The Hall–Kier alpha value is -1.56. The van der Waals surface area contributed by atoms with Gasteiger partial charge in [-0.1, -0.05) is 12.1 Å². The molecule has 0 aliphatic rings. The van der Waals surface area contributed by atoms with Crippen molar-refractivity contribution in [2.45, 2.75) is 0 Å². The van der Waals surface area contributed by atoms with E-state index in [9.17, 15) is 9.90 Å². The lowest BCUT2D eigenvalue weighted by molar-refractivity contribution is 0.0992. The molecule has 92 valence electrons. The number of anilines is 1. The van der Waals surface area contributed by atoms with Crippen LogP contribution in [0.15, 0.2) is 48.5 Å². The summed E-state index contributed by atoms with van der Waals surface area (Å²) in [6.45, 7) is 0. The first-order chi connectivity index (χ1) is 8.59. The van der Waals surface area contributed by atoms with Gasteiger partial charge in [0.15, 0.2) is 0 Å². The van der Waals surface area contributed by atoms with Crippen LogP contribution in [-0.4, -0.2) is 18.1 Å². The van der Waals surface area contributed by atoms with Crippen LogP contribution >= 0.6 is 22.6 Å². The summed E-state index contributed by atoms with van der Waals surface area (Å²) in [5, 5.41) is 9.23. The highest BCUT2D eigenvalue weighted by Crippen LogP contribution is 2.20. The van der Waals surface area contributed by atoms with Gasteiger partial charge in [-0.3, -0.25) is 4.79 Å². The van der Waals surface area contributed by atoms with Gasteiger partial charge in [0.05, 0.1) is 5.56 Å². The van der Waals surface area contributed by atoms with Gasteiger partial charge in [0.1, 0.15) is 5.75 Å². The van der Waals surface area contributed by atoms with Gasteiger partial charge in [0, 0.05) is 16.3 Å². The second-order valence-electron chi connectivity index (χ2n) is 3.86. The van der Waals surface area contributed by atoms with Gasteiger partial charge in [-0.05, 0) is 59.0 Å². The van der Waals surface area contributed by atoms with Crippen molar-refractivity contribution in [1.29, 1.82) is 0 Å². The Morgan fingerprint density at radius 1 is 1.11 bits per heavy atom. The van der Waals surface area contributed by atoms with Gasteiger partial charge >= 0.3 is 0 Å². The molecule has 3 nitrogen and oxygen atoms in total. The van der Waals surface area contributed by atoms with Crippen LogP contribution < -0.4 is 4.90 Å². The molecule has 0 spiro atoms. The van der Waals surface area contributed by atoms with E-state index in [2.05, 4.69) is 22.6 Å². The van der Waals surface area contributed by atoms with E-state index in [0.717, 1.165) is 9.26 Å². The molecule has 0 atom stereocenters. The molecule has 0 fully saturated rings. The van der Waals surface area contributed by atoms with Crippen molar-refractivity contribution in [1.82, 2.24) is 0 Å². The lowest BCUT2D eigenvalue weighted by Crippen LogP contribution is -2.26.